The molecule has 4 rings (SSSR count). The van der Waals surface area contributed by atoms with Gasteiger partial charge < -0.3 is 9.64 Å². The topological polar surface area (TPSA) is 46.6 Å². The van der Waals surface area contributed by atoms with Crippen molar-refractivity contribution in [2.75, 3.05) is 13.1 Å². The molecule has 0 aliphatic carbocycles. The Bertz CT molecular complexity index is 929. The number of hydrogen-bond donors (Lipinski definition) is 0. The average molecular weight is 428 g/mol. The van der Waals surface area contributed by atoms with Crippen LogP contribution in [0, 0.1) is 13.8 Å². The number of benzene rings is 2. The number of likely N-dealkylation sites (tertiary alicyclic amines) is 1. The number of ketones is 1. The number of ether oxygens (including phenoxy) is 1. The minimum absolute atomic E-state index is 0.0198. The van der Waals surface area contributed by atoms with Crippen LogP contribution in [-0.2, 0) is 0 Å². The van der Waals surface area contributed by atoms with E-state index in [0.717, 1.165) is 15.6 Å². The minimum Gasteiger partial charge on any atom is -0.486 e. The van der Waals surface area contributed by atoms with Crippen molar-refractivity contribution in [1.29, 1.82) is 0 Å². The SMILES string of the molecule is Cc1cc2c(cc1C)C(=O)CC1(CCN(C(=O)c3ccccc3Br)CC1)O2. The summed E-state index contributed by atoms with van der Waals surface area (Å²) in [5.41, 5.74) is 3.10. The molecule has 2 aliphatic heterocycles. The van der Waals surface area contributed by atoms with Crippen LogP contribution in [0.4, 0.5) is 0 Å². The summed E-state index contributed by atoms with van der Waals surface area (Å²) in [5, 5.41) is 0. The Hall–Kier alpha value is -2.14. The van der Waals surface area contributed by atoms with E-state index in [-0.39, 0.29) is 11.7 Å². The van der Waals surface area contributed by atoms with E-state index in [0.29, 0.717) is 49.2 Å². The number of nitrogens with zero attached hydrogens (tertiary/aromatic N) is 1. The zero-order valence-electron chi connectivity index (χ0n) is 15.5. The Balaban J connectivity index is 1.52. The average Bonchev–Trinajstić information content (AvgIpc) is 2.64. The molecule has 2 aromatic rings. The lowest BCUT2D eigenvalue weighted by Crippen LogP contribution is -2.52. The van der Waals surface area contributed by atoms with E-state index in [4.69, 9.17) is 4.74 Å². The quantitative estimate of drug-likeness (QED) is 0.661. The second kappa shape index (κ2) is 6.79. The van der Waals surface area contributed by atoms with Crippen molar-refractivity contribution in [3.8, 4) is 5.75 Å². The molecule has 1 saturated heterocycles. The van der Waals surface area contributed by atoms with Crippen molar-refractivity contribution in [3.05, 3.63) is 63.1 Å². The molecule has 1 spiro atoms. The highest BCUT2D eigenvalue weighted by molar-refractivity contribution is 9.10. The number of amides is 1. The first-order chi connectivity index (χ1) is 12.9. The zero-order valence-corrected chi connectivity index (χ0v) is 17.1. The molecule has 0 atom stereocenters. The molecule has 0 N–H and O–H groups in total. The van der Waals surface area contributed by atoms with E-state index >= 15 is 0 Å². The van der Waals surface area contributed by atoms with Crippen LogP contribution in [0.3, 0.4) is 0 Å². The summed E-state index contributed by atoms with van der Waals surface area (Å²) in [6.45, 7) is 5.23. The van der Waals surface area contributed by atoms with Gasteiger partial charge in [0, 0.05) is 30.4 Å². The lowest BCUT2D eigenvalue weighted by Gasteiger charge is -2.44. The predicted octanol–water partition coefficient (Wildman–Crippen LogP) is 4.71. The number of piperidine rings is 1. The summed E-state index contributed by atoms with van der Waals surface area (Å²) in [7, 11) is 0. The maximum atomic E-state index is 12.8. The minimum atomic E-state index is -0.490. The summed E-state index contributed by atoms with van der Waals surface area (Å²) in [6, 6.07) is 11.4. The molecule has 0 unspecified atom stereocenters. The standard InChI is InChI=1S/C22H22BrNO3/c1-14-11-17-19(25)13-22(27-20(17)12-15(14)2)7-9-24(10-8-22)21(26)16-5-3-4-6-18(16)23/h3-6,11-12H,7-10,13H2,1-2H3. The van der Waals surface area contributed by atoms with Gasteiger partial charge in [-0.3, -0.25) is 9.59 Å². The Morgan fingerprint density at radius 1 is 1.11 bits per heavy atom. The summed E-state index contributed by atoms with van der Waals surface area (Å²) < 4.78 is 7.16. The van der Waals surface area contributed by atoms with E-state index in [2.05, 4.69) is 15.9 Å². The molecule has 2 aromatic carbocycles. The Morgan fingerprint density at radius 3 is 2.48 bits per heavy atom. The number of halogens is 1. The van der Waals surface area contributed by atoms with Crippen molar-refractivity contribution in [3.63, 3.8) is 0 Å². The first-order valence-electron chi connectivity index (χ1n) is 9.26. The van der Waals surface area contributed by atoms with Gasteiger partial charge in [0.05, 0.1) is 17.5 Å². The van der Waals surface area contributed by atoms with Crippen molar-refractivity contribution in [1.82, 2.24) is 4.90 Å². The molecule has 2 aliphatic rings. The van der Waals surface area contributed by atoms with Crippen LogP contribution >= 0.6 is 15.9 Å². The summed E-state index contributed by atoms with van der Waals surface area (Å²) in [4.78, 5) is 27.4. The second-order valence-corrected chi connectivity index (χ2v) is 8.44. The first-order valence-corrected chi connectivity index (χ1v) is 10.1. The molecule has 0 bridgehead atoms. The highest BCUT2D eigenvalue weighted by atomic mass is 79.9. The van der Waals surface area contributed by atoms with Gasteiger partial charge in [0.1, 0.15) is 11.4 Å². The Kier molecular flexibility index (Phi) is 4.58. The third-order valence-electron chi connectivity index (χ3n) is 5.77. The summed E-state index contributed by atoms with van der Waals surface area (Å²) in [6.07, 6.45) is 1.72. The molecule has 1 fully saturated rings. The van der Waals surface area contributed by atoms with Gasteiger partial charge in [0.25, 0.3) is 5.91 Å². The normalized spacial score (nSPS) is 18.2. The van der Waals surface area contributed by atoms with Gasteiger partial charge in [-0.15, -0.1) is 0 Å². The van der Waals surface area contributed by atoms with Gasteiger partial charge in [-0.25, -0.2) is 0 Å². The van der Waals surface area contributed by atoms with Gasteiger partial charge in [0.2, 0.25) is 0 Å². The van der Waals surface area contributed by atoms with Gasteiger partial charge >= 0.3 is 0 Å². The Labute approximate surface area is 167 Å². The molecule has 0 saturated carbocycles. The number of carbonyl (C=O) groups excluding carboxylic acids is 2. The highest BCUT2D eigenvalue weighted by Crippen LogP contribution is 2.40. The molecular formula is C22H22BrNO3. The molecular weight excluding hydrogens is 406 g/mol. The number of carbonyl (C=O) groups is 2. The third-order valence-corrected chi connectivity index (χ3v) is 6.46. The lowest BCUT2D eigenvalue weighted by molar-refractivity contribution is -0.00577. The molecule has 0 radical (unpaired) electrons. The number of aryl methyl sites for hydroxylation is 2. The summed E-state index contributed by atoms with van der Waals surface area (Å²) in [5.74, 6) is 0.858. The molecule has 140 valence electrons. The summed E-state index contributed by atoms with van der Waals surface area (Å²) >= 11 is 3.46. The largest absolute Gasteiger partial charge is 0.486 e. The first kappa shape index (κ1) is 18.2. The van der Waals surface area contributed by atoms with E-state index in [1.807, 2.05) is 55.1 Å². The van der Waals surface area contributed by atoms with Crippen LogP contribution < -0.4 is 4.74 Å². The molecule has 2 heterocycles. The second-order valence-electron chi connectivity index (χ2n) is 7.59. The maximum Gasteiger partial charge on any atom is 0.255 e. The van der Waals surface area contributed by atoms with Gasteiger partial charge in [-0.05, 0) is 65.2 Å². The van der Waals surface area contributed by atoms with Crippen molar-refractivity contribution >= 4 is 27.6 Å². The van der Waals surface area contributed by atoms with Crippen LogP contribution in [0.2, 0.25) is 0 Å². The van der Waals surface area contributed by atoms with E-state index in [1.54, 1.807) is 0 Å². The van der Waals surface area contributed by atoms with Crippen LogP contribution in [0.5, 0.6) is 5.75 Å². The smallest absolute Gasteiger partial charge is 0.255 e. The van der Waals surface area contributed by atoms with E-state index in [9.17, 15) is 9.59 Å². The van der Waals surface area contributed by atoms with E-state index in [1.165, 1.54) is 0 Å². The zero-order chi connectivity index (χ0) is 19.2. The molecule has 4 nitrogen and oxygen atoms in total. The monoisotopic (exact) mass is 427 g/mol. The van der Waals surface area contributed by atoms with Crippen molar-refractivity contribution in [2.45, 2.75) is 38.7 Å². The fraction of sp³-hybridized carbons (Fsp3) is 0.364. The maximum absolute atomic E-state index is 12.8. The van der Waals surface area contributed by atoms with Crippen LogP contribution in [0.25, 0.3) is 0 Å². The number of hydrogen-bond acceptors (Lipinski definition) is 3. The van der Waals surface area contributed by atoms with Gasteiger partial charge in [-0.1, -0.05) is 12.1 Å². The van der Waals surface area contributed by atoms with Crippen LogP contribution in [0.1, 0.15) is 51.1 Å². The highest BCUT2D eigenvalue weighted by Gasteiger charge is 2.44. The predicted molar refractivity (Wildman–Crippen MR) is 108 cm³/mol. The molecule has 0 aromatic heterocycles. The van der Waals surface area contributed by atoms with Crippen molar-refractivity contribution < 1.29 is 14.3 Å². The lowest BCUT2D eigenvalue weighted by atomic mass is 9.81. The molecule has 5 heteroatoms. The van der Waals surface area contributed by atoms with Crippen LogP contribution in [-0.4, -0.2) is 35.3 Å². The number of Topliss-reactive ketones (excluding diaryl/α,β-unsaturated/α-hetero) is 1. The Morgan fingerprint density at radius 2 is 1.78 bits per heavy atom. The van der Waals surface area contributed by atoms with Crippen LogP contribution in [0.15, 0.2) is 40.9 Å². The molecule has 27 heavy (non-hydrogen) atoms. The van der Waals surface area contributed by atoms with Crippen molar-refractivity contribution in [2.24, 2.45) is 0 Å². The third kappa shape index (κ3) is 3.29. The van der Waals surface area contributed by atoms with E-state index < -0.39 is 5.60 Å². The van der Waals surface area contributed by atoms with Gasteiger partial charge in [0.15, 0.2) is 5.78 Å². The molecule has 1 amide bonds. The number of rotatable bonds is 1. The fourth-order valence-electron chi connectivity index (χ4n) is 3.95. The fourth-order valence-corrected chi connectivity index (χ4v) is 4.40. The van der Waals surface area contributed by atoms with Gasteiger partial charge in [-0.2, -0.15) is 0 Å². The number of fused-ring (bicyclic) bond motifs is 1.